The minimum absolute atomic E-state index is 0.615. The molecule has 7 aromatic carbocycles. The zero-order valence-corrected chi connectivity index (χ0v) is 27.4. The lowest BCUT2D eigenvalue weighted by Gasteiger charge is -2.12. The van der Waals surface area contributed by atoms with E-state index in [1.165, 1.54) is 10.8 Å². The van der Waals surface area contributed by atoms with Gasteiger partial charge in [-0.25, -0.2) is 9.97 Å². The largest absolute Gasteiger partial charge is 0.456 e. The van der Waals surface area contributed by atoms with Gasteiger partial charge in [0.25, 0.3) is 0 Å². The fourth-order valence-electron chi connectivity index (χ4n) is 7.81. The first-order valence-corrected chi connectivity index (χ1v) is 17.2. The predicted molar refractivity (Wildman–Crippen MR) is 209 cm³/mol. The lowest BCUT2D eigenvalue weighted by molar-refractivity contribution is 0.669. The third kappa shape index (κ3) is 4.22. The van der Waals surface area contributed by atoms with E-state index in [0.29, 0.717) is 5.95 Å². The lowest BCUT2D eigenvalue weighted by Crippen LogP contribution is -2.04. The first kappa shape index (κ1) is 27.9. The van der Waals surface area contributed by atoms with Crippen LogP contribution in [0.3, 0.4) is 0 Å². The van der Waals surface area contributed by atoms with Crippen LogP contribution in [-0.2, 0) is 0 Å². The van der Waals surface area contributed by atoms with Gasteiger partial charge in [-0.05, 0) is 54.6 Å². The van der Waals surface area contributed by atoms with Crippen molar-refractivity contribution >= 4 is 65.6 Å². The fraction of sp³-hybridized carbons (Fsp3) is 0. The van der Waals surface area contributed by atoms with Gasteiger partial charge in [-0.3, -0.25) is 4.57 Å². The van der Waals surface area contributed by atoms with Crippen LogP contribution < -0.4 is 0 Å². The zero-order valence-electron chi connectivity index (χ0n) is 27.4. The van der Waals surface area contributed by atoms with Gasteiger partial charge in [-0.15, -0.1) is 0 Å². The Labute approximate surface area is 292 Å². The number of furan rings is 1. The van der Waals surface area contributed by atoms with Gasteiger partial charge in [0.15, 0.2) is 0 Å². The number of hydrogen-bond donors (Lipinski definition) is 0. The summed E-state index contributed by atoms with van der Waals surface area (Å²) >= 11 is 0. The minimum Gasteiger partial charge on any atom is -0.456 e. The molecule has 51 heavy (non-hydrogen) atoms. The lowest BCUT2D eigenvalue weighted by atomic mass is 10.1. The molecule has 0 amide bonds. The Bertz CT molecular complexity index is 3060. The molecule has 0 fully saturated rings. The summed E-state index contributed by atoms with van der Waals surface area (Å²) in [4.78, 5) is 10.7. The first-order valence-electron chi connectivity index (χ1n) is 17.2. The van der Waals surface area contributed by atoms with Gasteiger partial charge >= 0.3 is 0 Å². The number of fused-ring (bicyclic) bond motifs is 9. The van der Waals surface area contributed by atoms with Crippen LogP contribution in [0.2, 0.25) is 0 Å². The van der Waals surface area contributed by atoms with E-state index >= 15 is 0 Å². The van der Waals surface area contributed by atoms with Crippen LogP contribution in [0.15, 0.2) is 174 Å². The minimum atomic E-state index is 0.615. The number of benzene rings is 7. The molecule has 0 spiro atoms. The molecule has 0 atom stereocenters. The molecule has 11 rings (SSSR count). The molecular weight excluding hydrogens is 625 g/mol. The zero-order chi connectivity index (χ0) is 33.5. The number of rotatable bonds is 4. The van der Waals surface area contributed by atoms with Crippen molar-refractivity contribution in [2.24, 2.45) is 0 Å². The second-order valence-electron chi connectivity index (χ2n) is 13.0. The maximum absolute atomic E-state index is 6.45. The van der Waals surface area contributed by atoms with Gasteiger partial charge in [-0.2, -0.15) is 0 Å². The Morgan fingerprint density at radius 3 is 1.63 bits per heavy atom. The Morgan fingerprint density at radius 2 is 0.902 bits per heavy atom. The second-order valence-corrected chi connectivity index (χ2v) is 13.0. The Hall–Kier alpha value is -6.98. The van der Waals surface area contributed by atoms with Crippen molar-refractivity contribution in [1.82, 2.24) is 19.1 Å². The standard InChI is InChI=1S/C46H28N4O/c1-4-14-29(15-5-1)38-27-39(30-16-6-2-7-17-30)48-46(47-38)50-41-25-37-33-21-11-13-23-44(33)51-45(37)26-36(41)35-24-34-32-20-10-12-22-40(32)49(42(34)28-43(35)50)31-18-8-3-9-19-31/h1-28H. The molecule has 0 saturated carbocycles. The van der Waals surface area contributed by atoms with E-state index in [-0.39, 0.29) is 0 Å². The molecule has 4 aromatic heterocycles. The summed E-state index contributed by atoms with van der Waals surface area (Å²) in [5.74, 6) is 0.615. The summed E-state index contributed by atoms with van der Waals surface area (Å²) in [5.41, 5.74) is 11.0. The summed E-state index contributed by atoms with van der Waals surface area (Å²) in [6.07, 6.45) is 0. The number of hydrogen-bond acceptors (Lipinski definition) is 3. The van der Waals surface area contributed by atoms with Crippen molar-refractivity contribution in [1.29, 1.82) is 0 Å². The SMILES string of the molecule is c1ccc(-c2cc(-c3ccccc3)nc(-n3c4cc5c(cc4c4cc6c7ccccc7n(-c7ccccc7)c6cc43)oc3ccccc35)n2)cc1. The van der Waals surface area contributed by atoms with Gasteiger partial charge in [-0.1, -0.05) is 115 Å². The number of nitrogens with zero attached hydrogens (tertiary/aromatic N) is 4. The Balaban J connectivity index is 1.32. The molecule has 4 heterocycles. The molecule has 0 saturated heterocycles. The normalized spacial score (nSPS) is 11.9. The molecular formula is C46H28N4O. The van der Waals surface area contributed by atoms with E-state index in [1.54, 1.807) is 0 Å². The highest BCUT2D eigenvalue weighted by molar-refractivity contribution is 6.22. The molecule has 238 valence electrons. The van der Waals surface area contributed by atoms with Crippen molar-refractivity contribution in [2.45, 2.75) is 0 Å². The summed E-state index contributed by atoms with van der Waals surface area (Å²) in [5, 5.41) is 6.75. The van der Waals surface area contributed by atoms with Crippen LogP contribution in [-0.4, -0.2) is 19.1 Å². The smallest absolute Gasteiger partial charge is 0.235 e. The Kier molecular flexibility index (Phi) is 5.89. The molecule has 0 N–H and O–H groups in total. The van der Waals surface area contributed by atoms with Gasteiger partial charge in [0.2, 0.25) is 5.95 Å². The van der Waals surface area contributed by atoms with Crippen molar-refractivity contribution in [3.8, 4) is 34.2 Å². The molecule has 0 unspecified atom stereocenters. The van der Waals surface area contributed by atoms with Gasteiger partial charge in [0.1, 0.15) is 11.2 Å². The molecule has 11 aromatic rings. The maximum Gasteiger partial charge on any atom is 0.235 e. The van der Waals surface area contributed by atoms with Crippen LogP contribution in [0, 0.1) is 0 Å². The van der Waals surface area contributed by atoms with E-state index in [1.807, 2.05) is 24.3 Å². The molecule has 5 nitrogen and oxygen atoms in total. The van der Waals surface area contributed by atoms with E-state index in [9.17, 15) is 0 Å². The average Bonchev–Trinajstić information content (AvgIpc) is 3.83. The fourth-order valence-corrected chi connectivity index (χ4v) is 7.81. The van der Waals surface area contributed by atoms with Crippen molar-refractivity contribution in [2.75, 3.05) is 0 Å². The highest BCUT2D eigenvalue weighted by Gasteiger charge is 2.22. The molecule has 0 aliphatic rings. The molecule has 5 heteroatoms. The van der Waals surface area contributed by atoms with Crippen LogP contribution in [0.5, 0.6) is 0 Å². The summed E-state index contributed by atoms with van der Waals surface area (Å²) in [6.45, 7) is 0. The van der Waals surface area contributed by atoms with E-state index in [2.05, 4.69) is 155 Å². The van der Waals surface area contributed by atoms with Gasteiger partial charge in [0.05, 0.1) is 33.5 Å². The third-order valence-corrected chi connectivity index (χ3v) is 10.1. The Morgan fingerprint density at radius 1 is 0.353 bits per heavy atom. The monoisotopic (exact) mass is 652 g/mol. The first-order chi connectivity index (χ1) is 25.3. The van der Waals surface area contributed by atoms with E-state index < -0.39 is 0 Å². The van der Waals surface area contributed by atoms with E-state index in [4.69, 9.17) is 14.4 Å². The van der Waals surface area contributed by atoms with Crippen LogP contribution in [0.1, 0.15) is 0 Å². The predicted octanol–water partition coefficient (Wildman–Crippen LogP) is 11.9. The van der Waals surface area contributed by atoms with Gasteiger partial charge in [0, 0.05) is 49.1 Å². The topological polar surface area (TPSA) is 48.8 Å². The molecule has 0 radical (unpaired) electrons. The summed E-state index contributed by atoms with van der Waals surface area (Å²) in [6, 6.07) is 59.4. The van der Waals surface area contributed by atoms with Crippen LogP contribution >= 0.6 is 0 Å². The molecule has 0 aliphatic heterocycles. The third-order valence-electron chi connectivity index (χ3n) is 10.1. The maximum atomic E-state index is 6.45. The van der Waals surface area contributed by atoms with Crippen LogP contribution in [0.4, 0.5) is 0 Å². The molecule has 0 aliphatic carbocycles. The van der Waals surface area contributed by atoms with Crippen molar-refractivity contribution in [3.05, 3.63) is 170 Å². The van der Waals surface area contributed by atoms with Crippen molar-refractivity contribution < 1.29 is 4.42 Å². The van der Waals surface area contributed by atoms with Gasteiger partial charge < -0.3 is 8.98 Å². The average molecular weight is 653 g/mol. The second kappa shape index (κ2) is 10.8. The summed E-state index contributed by atoms with van der Waals surface area (Å²) in [7, 11) is 0. The highest BCUT2D eigenvalue weighted by Crippen LogP contribution is 2.42. The van der Waals surface area contributed by atoms with Crippen molar-refractivity contribution in [3.63, 3.8) is 0 Å². The van der Waals surface area contributed by atoms with Crippen LogP contribution in [0.25, 0.3) is 99.7 Å². The molecule has 0 bridgehead atoms. The van der Waals surface area contributed by atoms with E-state index in [0.717, 1.165) is 83.0 Å². The highest BCUT2D eigenvalue weighted by atomic mass is 16.3. The summed E-state index contributed by atoms with van der Waals surface area (Å²) < 4.78 is 11.1. The number of aromatic nitrogens is 4. The number of para-hydroxylation sites is 3. The quantitative estimate of drug-likeness (QED) is 0.190.